The lowest BCUT2D eigenvalue weighted by molar-refractivity contribution is 0.00578. The van der Waals surface area contributed by atoms with Gasteiger partial charge in [0.15, 0.2) is 0 Å². The summed E-state index contributed by atoms with van der Waals surface area (Å²) in [5, 5.41) is 2.80. The summed E-state index contributed by atoms with van der Waals surface area (Å²) in [7, 11) is 1.68. The second kappa shape index (κ2) is 8.10. The van der Waals surface area contributed by atoms with E-state index in [4.69, 9.17) is 14.0 Å². The molecule has 0 bridgehead atoms. The summed E-state index contributed by atoms with van der Waals surface area (Å²) in [4.78, 5) is 13.8. The van der Waals surface area contributed by atoms with E-state index in [9.17, 15) is 4.79 Å². The Morgan fingerprint density at radius 3 is 2.24 bits per heavy atom. The van der Waals surface area contributed by atoms with E-state index in [1.165, 1.54) is 0 Å². The summed E-state index contributed by atoms with van der Waals surface area (Å²) in [5.74, 6) is 1.95. The third-order valence-electron chi connectivity index (χ3n) is 4.65. The number of nitrogens with zero attached hydrogens (tertiary/aromatic N) is 1. The van der Waals surface area contributed by atoms with Crippen molar-refractivity contribution >= 4 is 13.2 Å². The van der Waals surface area contributed by atoms with Crippen LogP contribution in [-0.2, 0) is 14.0 Å². The van der Waals surface area contributed by atoms with Crippen molar-refractivity contribution in [2.24, 2.45) is 0 Å². The molecule has 1 atom stereocenters. The van der Waals surface area contributed by atoms with Gasteiger partial charge in [0, 0.05) is 19.1 Å². The Labute approximate surface area is 153 Å². The lowest BCUT2D eigenvalue weighted by Crippen LogP contribution is -2.42. The highest BCUT2D eigenvalue weighted by Crippen LogP contribution is 2.36. The van der Waals surface area contributed by atoms with Crippen LogP contribution in [0.5, 0.6) is 0 Å². The van der Waals surface area contributed by atoms with Crippen LogP contribution in [0.4, 0.5) is 4.79 Å². The van der Waals surface area contributed by atoms with Crippen LogP contribution in [0, 0.1) is 0 Å². The van der Waals surface area contributed by atoms with Crippen molar-refractivity contribution in [2.45, 2.75) is 78.2 Å². The smallest absolute Gasteiger partial charge is 0.444 e. The minimum absolute atomic E-state index is 0.176. The molecular weight excluding hydrogens is 319 g/mol. The highest BCUT2D eigenvalue weighted by Gasteiger charge is 2.49. The standard InChI is InChI=1S/C18H35BN2O4/c1-14(13-20-15(22)23-16(2,3)4)21(9)12-10-11-19-24-17(5,6)18(7,8)25-19/h10-11,14H,12-13H2,1-9H3,(H,20,22)/b11-10+/t14-/m1/s1. The van der Waals surface area contributed by atoms with Gasteiger partial charge in [-0.2, -0.15) is 0 Å². The first kappa shape index (κ1) is 22.0. The topological polar surface area (TPSA) is 60.0 Å². The van der Waals surface area contributed by atoms with Crippen LogP contribution in [-0.4, -0.2) is 61.1 Å². The quantitative estimate of drug-likeness (QED) is 0.743. The average molecular weight is 354 g/mol. The van der Waals surface area contributed by atoms with Crippen molar-refractivity contribution < 1.29 is 18.8 Å². The number of alkyl carbamates (subject to hydrolysis) is 1. The summed E-state index contributed by atoms with van der Waals surface area (Å²) >= 11 is 0. The number of rotatable bonds is 6. The molecule has 0 aliphatic carbocycles. The molecule has 6 nitrogen and oxygen atoms in total. The van der Waals surface area contributed by atoms with Gasteiger partial charge in [0.1, 0.15) is 5.60 Å². The van der Waals surface area contributed by atoms with Crippen LogP contribution in [0.1, 0.15) is 55.4 Å². The van der Waals surface area contributed by atoms with Crippen molar-refractivity contribution in [2.75, 3.05) is 20.1 Å². The summed E-state index contributed by atoms with van der Waals surface area (Å²) in [6.45, 7) is 17.0. The first-order valence-corrected chi connectivity index (χ1v) is 8.93. The largest absolute Gasteiger partial charge is 0.486 e. The molecule has 1 saturated heterocycles. The fraction of sp³-hybridized carbons (Fsp3) is 0.833. The molecule has 1 aliphatic rings. The molecule has 1 fully saturated rings. The molecular formula is C18H35BN2O4. The summed E-state index contributed by atoms with van der Waals surface area (Å²) < 4.78 is 17.1. The predicted molar refractivity (Wildman–Crippen MR) is 102 cm³/mol. The van der Waals surface area contributed by atoms with Gasteiger partial charge in [-0.3, -0.25) is 4.90 Å². The first-order chi connectivity index (χ1) is 11.2. The molecule has 0 aromatic rings. The molecule has 0 aromatic carbocycles. The highest BCUT2D eigenvalue weighted by molar-refractivity contribution is 6.51. The molecule has 7 heteroatoms. The van der Waals surface area contributed by atoms with Crippen molar-refractivity contribution in [1.29, 1.82) is 0 Å². The molecule has 25 heavy (non-hydrogen) atoms. The fourth-order valence-corrected chi connectivity index (χ4v) is 2.19. The maximum Gasteiger partial charge on any atom is 0.486 e. The van der Waals surface area contributed by atoms with Gasteiger partial charge in [-0.1, -0.05) is 12.1 Å². The van der Waals surface area contributed by atoms with Gasteiger partial charge in [0.05, 0.1) is 11.2 Å². The zero-order chi connectivity index (χ0) is 19.5. The van der Waals surface area contributed by atoms with E-state index in [1.54, 1.807) is 0 Å². The van der Waals surface area contributed by atoms with E-state index >= 15 is 0 Å². The van der Waals surface area contributed by atoms with E-state index in [2.05, 4.69) is 17.1 Å². The van der Waals surface area contributed by atoms with E-state index in [1.807, 2.05) is 67.6 Å². The van der Waals surface area contributed by atoms with Gasteiger partial charge in [-0.15, -0.1) is 0 Å². The second-order valence-electron chi connectivity index (χ2n) is 8.72. The number of amides is 1. The number of hydrogen-bond donors (Lipinski definition) is 1. The molecule has 144 valence electrons. The van der Waals surface area contributed by atoms with E-state index < -0.39 is 5.60 Å². The fourth-order valence-electron chi connectivity index (χ4n) is 2.19. The first-order valence-electron chi connectivity index (χ1n) is 8.93. The van der Waals surface area contributed by atoms with E-state index in [-0.39, 0.29) is 30.5 Å². The molecule has 0 saturated carbocycles. The summed E-state index contributed by atoms with van der Waals surface area (Å²) in [6.07, 6.45) is 1.65. The zero-order valence-corrected chi connectivity index (χ0v) is 17.3. The van der Waals surface area contributed by atoms with Crippen LogP contribution in [0.3, 0.4) is 0 Å². The molecule has 1 amide bonds. The SMILES string of the molecule is C[C@H](CNC(=O)OC(C)(C)C)N(C)C/C=C/B1OC(C)(C)C(C)(C)O1. The van der Waals surface area contributed by atoms with Gasteiger partial charge in [0.25, 0.3) is 0 Å². The minimum Gasteiger partial charge on any atom is -0.444 e. The van der Waals surface area contributed by atoms with Crippen LogP contribution < -0.4 is 5.32 Å². The van der Waals surface area contributed by atoms with Crippen LogP contribution >= 0.6 is 0 Å². The molecule has 0 unspecified atom stereocenters. The Bertz CT molecular complexity index is 470. The van der Waals surface area contributed by atoms with Crippen LogP contribution in [0.2, 0.25) is 0 Å². The van der Waals surface area contributed by atoms with Crippen molar-refractivity contribution in [3.8, 4) is 0 Å². The third kappa shape index (κ3) is 7.00. The molecule has 1 rings (SSSR count). The van der Waals surface area contributed by atoms with E-state index in [0.717, 1.165) is 6.54 Å². The van der Waals surface area contributed by atoms with Crippen molar-refractivity contribution in [3.63, 3.8) is 0 Å². The lowest BCUT2D eigenvalue weighted by Gasteiger charge is -2.32. The monoisotopic (exact) mass is 354 g/mol. The zero-order valence-electron chi connectivity index (χ0n) is 17.3. The van der Waals surface area contributed by atoms with Gasteiger partial charge < -0.3 is 19.4 Å². The Balaban J connectivity index is 2.36. The number of carbonyl (C=O) groups excluding carboxylic acids is 1. The van der Waals surface area contributed by atoms with Crippen LogP contribution in [0.25, 0.3) is 0 Å². The van der Waals surface area contributed by atoms with Crippen molar-refractivity contribution in [1.82, 2.24) is 10.2 Å². The molecule has 1 heterocycles. The maximum absolute atomic E-state index is 11.7. The summed E-state index contributed by atoms with van der Waals surface area (Å²) in [6, 6.07) is 0.176. The maximum atomic E-state index is 11.7. The van der Waals surface area contributed by atoms with Gasteiger partial charge in [-0.05, 0) is 62.4 Å². The Kier molecular flexibility index (Phi) is 7.13. The Hall–Kier alpha value is -1.05. The van der Waals surface area contributed by atoms with Gasteiger partial charge in [-0.25, -0.2) is 4.79 Å². The molecule has 0 spiro atoms. The average Bonchev–Trinajstić information content (AvgIpc) is 2.61. The molecule has 0 radical (unpaired) electrons. The number of likely N-dealkylation sites (N-methyl/N-ethyl adjacent to an activating group) is 1. The third-order valence-corrected chi connectivity index (χ3v) is 4.65. The number of ether oxygens (including phenoxy) is 1. The lowest BCUT2D eigenvalue weighted by atomic mass is 9.90. The molecule has 0 aromatic heterocycles. The molecule has 1 N–H and O–H groups in total. The van der Waals surface area contributed by atoms with Crippen LogP contribution in [0.15, 0.2) is 12.1 Å². The summed E-state index contributed by atoms with van der Waals surface area (Å²) in [5.41, 5.74) is -1.12. The van der Waals surface area contributed by atoms with Crippen molar-refractivity contribution in [3.05, 3.63) is 12.1 Å². The normalized spacial score (nSPS) is 21.0. The van der Waals surface area contributed by atoms with E-state index in [0.29, 0.717) is 6.54 Å². The second-order valence-corrected chi connectivity index (χ2v) is 8.72. The Morgan fingerprint density at radius 1 is 1.24 bits per heavy atom. The van der Waals surface area contributed by atoms with Gasteiger partial charge in [0.2, 0.25) is 0 Å². The van der Waals surface area contributed by atoms with Gasteiger partial charge >= 0.3 is 13.2 Å². The number of carbonyl (C=O) groups is 1. The highest BCUT2D eigenvalue weighted by atomic mass is 16.7. The number of hydrogen-bond acceptors (Lipinski definition) is 5. The predicted octanol–water partition coefficient (Wildman–Crippen LogP) is 3.02. The number of nitrogens with one attached hydrogen (secondary N) is 1. The minimum atomic E-state index is -0.481. The molecule has 1 aliphatic heterocycles. The Morgan fingerprint density at radius 2 is 1.76 bits per heavy atom.